The maximum atomic E-state index is 9.94. The second-order valence-corrected chi connectivity index (χ2v) is 8.64. The van der Waals surface area contributed by atoms with Crippen LogP contribution in [0.1, 0.15) is 44.5 Å². The van der Waals surface area contributed by atoms with Gasteiger partial charge in [-0.3, -0.25) is 0 Å². The molecule has 1 aliphatic rings. The van der Waals surface area contributed by atoms with Crippen molar-refractivity contribution in [3.63, 3.8) is 0 Å². The number of ether oxygens (including phenoxy) is 1. The van der Waals surface area contributed by atoms with Crippen LogP contribution in [0.2, 0.25) is 0 Å². The highest BCUT2D eigenvalue weighted by molar-refractivity contribution is 6.06. The van der Waals surface area contributed by atoms with Gasteiger partial charge in [-0.25, -0.2) is 15.0 Å². The number of hydrogen-bond acceptors (Lipinski definition) is 8. The molecule has 0 spiro atoms. The standard InChI is InChI=1S/C21H28N4O4/c1-11(26)7-25(8-12(2)27)19-18-17(22-10-23-19)16-14-6-21(4,5)28-9-15(14)13(3)24-20(16)29-18/h10-12,26-27H,6-9H2,1-5H3/t11-,12+. The van der Waals surface area contributed by atoms with Crippen molar-refractivity contribution in [3.8, 4) is 0 Å². The number of aryl methyl sites for hydroxylation is 1. The zero-order chi connectivity index (χ0) is 20.9. The van der Waals surface area contributed by atoms with Crippen LogP contribution in [-0.4, -0.2) is 56.1 Å². The maximum absolute atomic E-state index is 9.94. The summed E-state index contributed by atoms with van der Waals surface area (Å²) in [5.74, 6) is 0.549. The summed E-state index contributed by atoms with van der Waals surface area (Å²) in [5.41, 5.74) is 4.61. The van der Waals surface area contributed by atoms with Gasteiger partial charge in [0.25, 0.3) is 0 Å². The highest BCUT2D eigenvalue weighted by Gasteiger charge is 2.32. The van der Waals surface area contributed by atoms with Crippen LogP contribution in [0.5, 0.6) is 0 Å². The van der Waals surface area contributed by atoms with Gasteiger partial charge >= 0.3 is 0 Å². The molecule has 0 bridgehead atoms. The van der Waals surface area contributed by atoms with Gasteiger partial charge in [0.2, 0.25) is 5.71 Å². The molecule has 4 heterocycles. The largest absolute Gasteiger partial charge is 0.432 e. The van der Waals surface area contributed by atoms with Crippen molar-refractivity contribution in [3.05, 3.63) is 23.1 Å². The van der Waals surface area contributed by atoms with E-state index in [4.69, 9.17) is 9.15 Å². The normalized spacial score (nSPS) is 18.0. The highest BCUT2D eigenvalue weighted by atomic mass is 16.5. The molecule has 8 nitrogen and oxygen atoms in total. The number of anilines is 1. The number of aromatic nitrogens is 3. The van der Waals surface area contributed by atoms with Crippen molar-refractivity contribution >= 4 is 28.0 Å². The summed E-state index contributed by atoms with van der Waals surface area (Å²) in [4.78, 5) is 15.4. The molecule has 3 aromatic heterocycles. The van der Waals surface area contributed by atoms with E-state index in [1.54, 1.807) is 13.8 Å². The molecule has 0 radical (unpaired) electrons. The average Bonchev–Trinajstić information content (AvgIpc) is 2.97. The molecule has 2 N–H and O–H groups in total. The first-order valence-electron chi connectivity index (χ1n) is 9.97. The predicted octanol–water partition coefficient (Wildman–Crippen LogP) is 2.50. The van der Waals surface area contributed by atoms with Gasteiger partial charge in [0.1, 0.15) is 11.8 Å². The van der Waals surface area contributed by atoms with Gasteiger partial charge < -0.3 is 24.3 Å². The second kappa shape index (κ2) is 7.19. The summed E-state index contributed by atoms with van der Waals surface area (Å²) >= 11 is 0. The minimum atomic E-state index is -0.589. The Morgan fingerprint density at radius 1 is 1.14 bits per heavy atom. The Morgan fingerprint density at radius 3 is 2.48 bits per heavy atom. The van der Waals surface area contributed by atoms with Crippen molar-refractivity contribution in [2.24, 2.45) is 0 Å². The first-order chi connectivity index (χ1) is 13.7. The average molecular weight is 400 g/mol. The van der Waals surface area contributed by atoms with Crippen molar-refractivity contribution in [1.29, 1.82) is 0 Å². The molecule has 0 unspecified atom stereocenters. The number of rotatable bonds is 5. The first kappa shape index (κ1) is 20.0. The third-order valence-corrected chi connectivity index (χ3v) is 5.28. The molecule has 29 heavy (non-hydrogen) atoms. The third kappa shape index (κ3) is 3.68. The van der Waals surface area contributed by atoms with Crippen LogP contribution in [0, 0.1) is 6.92 Å². The molecule has 2 atom stereocenters. The molecule has 0 fully saturated rings. The Morgan fingerprint density at radius 2 is 1.83 bits per heavy atom. The van der Waals surface area contributed by atoms with E-state index in [2.05, 4.69) is 28.8 Å². The zero-order valence-corrected chi connectivity index (χ0v) is 17.6. The number of aliphatic hydroxyl groups is 2. The van der Waals surface area contributed by atoms with Crippen LogP contribution in [-0.2, 0) is 17.8 Å². The molecule has 1 aliphatic heterocycles. The van der Waals surface area contributed by atoms with Gasteiger partial charge in [0.15, 0.2) is 11.4 Å². The van der Waals surface area contributed by atoms with E-state index >= 15 is 0 Å². The first-order valence-corrected chi connectivity index (χ1v) is 9.97. The van der Waals surface area contributed by atoms with E-state index in [0.717, 1.165) is 28.6 Å². The van der Waals surface area contributed by atoms with Gasteiger partial charge in [0.05, 0.1) is 29.8 Å². The van der Waals surface area contributed by atoms with Crippen molar-refractivity contribution in [2.75, 3.05) is 18.0 Å². The number of hydrogen-bond donors (Lipinski definition) is 2. The molecule has 0 saturated heterocycles. The lowest BCUT2D eigenvalue weighted by molar-refractivity contribution is -0.0400. The molecule has 156 valence electrons. The lowest BCUT2D eigenvalue weighted by atomic mass is 9.89. The van der Waals surface area contributed by atoms with Gasteiger partial charge in [-0.2, -0.15) is 0 Å². The van der Waals surface area contributed by atoms with Crippen LogP contribution < -0.4 is 4.90 Å². The molecular formula is C21H28N4O4. The number of pyridine rings is 1. The molecule has 4 rings (SSSR count). The van der Waals surface area contributed by atoms with E-state index in [1.807, 2.05) is 11.8 Å². The zero-order valence-electron chi connectivity index (χ0n) is 17.6. The molecule has 3 aromatic rings. The minimum absolute atomic E-state index is 0.280. The van der Waals surface area contributed by atoms with E-state index in [-0.39, 0.29) is 5.60 Å². The second-order valence-electron chi connectivity index (χ2n) is 8.64. The monoisotopic (exact) mass is 400 g/mol. The van der Waals surface area contributed by atoms with Gasteiger partial charge in [-0.1, -0.05) is 0 Å². The molecule has 0 amide bonds. The number of aliphatic hydroxyl groups excluding tert-OH is 2. The summed E-state index contributed by atoms with van der Waals surface area (Å²) in [6.07, 6.45) is 1.06. The van der Waals surface area contributed by atoms with E-state index < -0.39 is 12.2 Å². The summed E-state index contributed by atoms with van der Waals surface area (Å²) in [5, 5.41) is 20.8. The molecular weight excluding hydrogens is 372 g/mol. The van der Waals surface area contributed by atoms with Crippen molar-refractivity contribution < 1.29 is 19.4 Å². The minimum Gasteiger partial charge on any atom is -0.432 e. The summed E-state index contributed by atoms with van der Waals surface area (Å²) < 4.78 is 12.2. The number of furan rings is 1. The molecule has 0 aliphatic carbocycles. The fourth-order valence-electron chi connectivity index (χ4n) is 4.07. The predicted molar refractivity (Wildman–Crippen MR) is 110 cm³/mol. The SMILES string of the molecule is Cc1nc2oc3c(N(C[C@H](C)O)C[C@@H](C)O)ncnc3c2c2c1COC(C)(C)C2. The number of nitrogens with zero attached hydrogens (tertiary/aromatic N) is 4. The molecule has 8 heteroatoms. The van der Waals surface area contributed by atoms with Crippen LogP contribution in [0.3, 0.4) is 0 Å². The highest BCUT2D eigenvalue weighted by Crippen LogP contribution is 2.39. The Kier molecular flexibility index (Phi) is 4.96. The Labute approximate surface area is 169 Å². The summed E-state index contributed by atoms with van der Waals surface area (Å²) in [6.45, 7) is 10.7. The fraction of sp³-hybridized carbons (Fsp3) is 0.571. The van der Waals surface area contributed by atoms with Gasteiger partial charge in [-0.15, -0.1) is 0 Å². The smallest absolute Gasteiger partial charge is 0.229 e. The van der Waals surface area contributed by atoms with Crippen molar-refractivity contribution in [2.45, 2.75) is 65.5 Å². The van der Waals surface area contributed by atoms with Crippen molar-refractivity contribution in [1.82, 2.24) is 15.0 Å². The molecule has 0 aromatic carbocycles. The van der Waals surface area contributed by atoms with Crippen LogP contribution in [0.15, 0.2) is 10.7 Å². The Balaban J connectivity index is 1.95. The quantitative estimate of drug-likeness (QED) is 0.673. The molecule has 0 saturated carbocycles. The van der Waals surface area contributed by atoms with E-state index in [9.17, 15) is 10.2 Å². The number of fused-ring (bicyclic) bond motifs is 5. The van der Waals surface area contributed by atoms with Crippen LogP contribution >= 0.6 is 0 Å². The maximum Gasteiger partial charge on any atom is 0.229 e. The van der Waals surface area contributed by atoms with Gasteiger partial charge in [-0.05, 0) is 40.2 Å². The van der Waals surface area contributed by atoms with Gasteiger partial charge in [0, 0.05) is 30.8 Å². The Bertz CT molecular complexity index is 1050. The van der Waals surface area contributed by atoms with E-state index in [1.165, 1.54) is 6.33 Å². The van der Waals surface area contributed by atoms with Crippen LogP contribution in [0.25, 0.3) is 22.2 Å². The Hall–Kier alpha value is -2.29. The van der Waals surface area contributed by atoms with E-state index in [0.29, 0.717) is 42.3 Å². The third-order valence-electron chi connectivity index (χ3n) is 5.28. The van der Waals surface area contributed by atoms with Crippen LogP contribution in [0.4, 0.5) is 5.82 Å². The summed E-state index contributed by atoms with van der Waals surface area (Å²) in [6, 6.07) is 0. The lowest BCUT2D eigenvalue weighted by Crippen LogP contribution is -2.37. The lowest BCUT2D eigenvalue weighted by Gasteiger charge is -2.32. The summed E-state index contributed by atoms with van der Waals surface area (Å²) in [7, 11) is 0. The topological polar surface area (TPSA) is 105 Å². The fourth-order valence-corrected chi connectivity index (χ4v) is 4.07.